The number of benzene rings is 2. The zero-order chi connectivity index (χ0) is 29.7. The number of halogens is 3. The van der Waals surface area contributed by atoms with Crippen molar-refractivity contribution in [3.05, 3.63) is 126 Å². The first kappa shape index (κ1) is 29.2. The second-order valence-electron chi connectivity index (χ2n) is 9.93. The number of nitrogens with zero attached hydrogens (tertiary/aromatic N) is 5. The highest BCUT2D eigenvalue weighted by Gasteiger charge is 2.33. The van der Waals surface area contributed by atoms with Crippen LogP contribution in [-0.4, -0.2) is 23.8 Å². The summed E-state index contributed by atoms with van der Waals surface area (Å²) < 4.78 is 43.5. The fourth-order valence-electron chi connectivity index (χ4n) is 4.50. The third-order valence-electron chi connectivity index (χ3n) is 6.38. The Labute approximate surface area is 233 Å². The van der Waals surface area contributed by atoms with Crippen LogP contribution in [-0.2, 0) is 32.2 Å². The molecule has 0 aliphatic heterocycles. The monoisotopic (exact) mass is 567 g/mol. The largest absolute Gasteiger partial charge is 0.416 e. The maximum Gasteiger partial charge on any atom is 0.416 e. The van der Waals surface area contributed by atoms with E-state index in [1.54, 1.807) is 0 Å². The van der Waals surface area contributed by atoms with E-state index in [1.165, 1.54) is 52.0 Å². The van der Waals surface area contributed by atoms with Crippen molar-refractivity contribution in [2.45, 2.75) is 46.1 Å². The van der Waals surface area contributed by atoms with Crippen molar-refractivity contribution in [3.63, 3.8) is 0 Å². The van der Waals surface area contributed by atoms with Gasteiger partial charge in [0, 0.05) is 24.8 Å². The molecule has 4 rings (SSSR count). The summed E-state index contributed by atoms with van der Waals surface area (Å²) in [5.41, 5.74) is -2.02. The molecule has 0 saturated heterocycles. The minimum absolute atomic E-state index is 0.0270. The van der Waals surface area contributed by atoms with Crippen LogP contribution in [0.2, 0.25) is 0 Å². The standard InChI is InChI=1S/C29H28F3N5O4/c1-20(2)17-36-25(26(37(40)41)27(38)35(28(36)39)15-14-21-8-4-3-5-9-21)13-12-22-16-33-34(18-22)19-23-10-6-7-11-24(23)29(30,31)32/h3-13,16,18,20H,14-15,17,19H2,1-2H3. The summed E-state index contributed by atoms with van der Waals surface area (Å²) in [6, 6.07) is 14.3. The Bertz CT molecular complexity index is 1690. The molecule has 0 N–H and O–H groups in total. The van der Waals surface area contributed by atoms with E-state index in [4.69, 9.17) is 0 Å². The van der Waals surface area contributed by atoms with Crippen LogP contribution in [0.5, 0.6) is 0 Å². The average Bonchev–Trinajstić information content (AvgIpc) is 3.36. The molecule has 4 aromatic rings. The minimum atomic E-state index is -4.52. The molecule has 2 heterocycles. The van der Waals surface area contributed by atoms with Gasteiger partial charge in [-0.25, -0.2) is 4.79 Å². The van der Waals surface area contributed by atoms with E-state index >= 15 is 0 Å². The lowest BCUT2D eigenvalue weighted by Crippen LogP contribution is -2.43. The van der Waals surface area contributed by atoms with Gasteiger partial charge in [0.2, 0.25) is 0 Å². The van der Waals surface area contributed by atoms with Crippen LogP contribution in [0.1, 0.15) is 41.8 Å². The molecule has 0 saturated carbocycles. The van der Waals surface area contributed by atoms with Gasteiger partial charge in [0.25, 0.3) is 0 Å². The molecule has 9 nitrogen and oxygen atoms in total. The van der Waals surface area contributed by atoms with E-state index in [0.717, 1.165) is 16.2 Å². The summed E-state index contributed by atoms with van der Waals surface area (Å²) in [7, 11) is 0. The Kier molecular flexibility index (Phi) is 8.70. The van der Waals surface area contributed by atoms with Crippen LogP contribution >= 0.6 is 0 Å². The first-order valence-electron chi connectivity index (χ1n) is 12.9. The first-order chi connectivity index (χ1) is 19.5. The van der Waals surface area contributed by atoms with Gasteiger partial charge in [0.1, 0.15) is 5.69 Å². The molecule has 214 valence electrons. The minimum Gasteiger partial charge on any atom is -0.287 e. The van der Waals surface area contributed by atoms with Gasteiger partial charge in [0.15, 0.2) is 0 Å². The number of rotatable bonds is 10. The molecule has 0 aliphatic carbocycles. The third-order valence-corrected chi connectivity index (χ3v) is 6.38. The van der Waals surface area contributed by atoms with Crippen LogP contribution in [0.3, 0.4) is 0 Å². The highest BCUT2D eigenvalue weighted by atomic mass is 19.4. The molecule has 0 aliphatic rings. The molecule has 0 radical (unpaired) electrons. The van der Waals surface area contributed by atoms with Crippen molar-refractivity contribution in [3.8, 4) is 0 Å². The molecule has 41 heavy (non-hydrogen) atoms. The van der Waals surface area contributed by atoms with Gasteiger partial charge in [-0.05, 0) is 41.7 Å². The van der Waals surface area contributed by atoms with E-state index in [0.29, 0.717) is 12.0 Å². The number of aryl methyl sites for hydroxylation is 1. The molecule has 0 atom stereocenters. The zero-order valence-corrected chi connectivity index (χ0v) is 22.4. The Balaban J connectivity index is 1.70. The van der Waals surface area contributed by atoms with Gasteiger partial charge < -0.3 is 0 Å². The topological polar surface area (TPSA) is 105 Å². The molecule has 0 unspecified atom stereocenters. The normalized spacial score (nSPS) is 12.0. The van der Waals surface area contributed by atoms with Gasteiger partial charge in [-0.15, -0.1) is 0 Å². The van der Waals surface area contributed by atoms with Gasteiger partial charge in [0.05, 0.1) is 23.2 Å². The van der Waals surface area contributed by atoms with E-state index < -0.39 is 33.6 Å². The number of nitro groups is 1. The van der Waals surface area contributed by atoms with Crippen LogP contribution in [0.15, 0.2) is 76.6 Å². The lowest BCUT2D eigenvalue weighted by molar-refractivity contribution is -0.387. The van der Waals surface area contributed by atoms with E-state index in [2.05, 4.69) is 5.10 Å². The second kappa shape index (κ2) is 12.2. The van der Waals surface area contributed by atoms with Crippen molar-refractivity contribution >= 4 is 17.8 Å². The fraction of sp³-hybridized carbons (Fsp3) is 0.276. The van der Waals surface area contributed by atoms with Crippen LogP contribution < -0.4 is 11.2 Å². The average molecular weight is 568 g/mol. The van der Waals surface area contributed by atoms with E-state index in [1.807, 2.05) is 44.2 Å². The highest BCUT2D eigenvalue weighted by molar-refractivity contribution is 5.71. The van der Waals surface area contributed by atoms with Crippen LogP contribution in [0.4, 0.5) is 18.9 Å². The van der Waals surface area contributed by atoms with Gasteiger partial charge >= 0.3 is 23.1 Å². The number of hydrogen-bond acceptors (Lipinski definition) is 5. The Morgan fingerprint density at radius 3 is 2.34 bits per heavy atom. The second-order valence-corrected chi connectivity index (χ2v) is 9.93. The van der Waals surface area contributed by atoms with Crippen molar-refractivity contribution < 1.29 is 18.1 Å². The van der Waals surface area contributed by atoms with Gasteiger partial charge in [-0.1, -0.05) is 62.4 Å². The SMILES string of the molecule is CC(C)Cn1c(C=Cc2cnn(Cc3ccccc3C(F)(F)F)c2)c([N+](=O)[O-])c(=O)n(CCc2ccccc2)c1=O. The smallest absolute Gasteiger partial charge is 0.287 e. The molecule has 0 spiro atoms. The molecule has 0 amide bonds. The number of aromatic nitrogens is 4. The zero-order valence-electron chi connectivity index (χ0n) is 22.4. The van der Waals surface area contributed by atoms with Crippen molar-refractivity contribution in [1.82, 2.24) is 18.9 Å². The molecule has 0 bridgehead atoms. The summed E-state index contributed by atoms with van der Waals surface area (Å²) in [5.74, 6) is -0.0732. The maximum atomic E-state index is 13.4. The van der Waals surface area contributed by atoms with E-state index in [9.17, 15) is 32.9 Å². The lowest BCUT2D eigenvalue weighted by Gasteiger charge is -2.15. The highest BCUT2D eigenvalue weighted by Crippen LogP contribution is 2.32. The van der Waals surface area contributed by atoms with Crippen molar-refractivity contribution in [2.75, 3.05) is 0 Å². The molecule has 12 heteroatoms. The first-order valence-corrected chi connectivity index (χ1v) is 12.9. The Hall–Kier alpha value is -4.74. The maximum absolute atomic E-state index is 13.4. The number of hydrogen-bond donors (Lipinski definition) is 0. The molecular formula is C29H28F3N5O4. The van der Waals surface area contributed by atoms with E-state index in [-0.39, 0.29) is 36.8 Å². The summed E-state index contributed by atoms with van der Waals surface area (Å²) in [6.07, 6.45) is 1.40. The molecule has 2 aromatic carbocycles. The Morgan fingerprint density at radius 1 is 1.00 bits per heavy atom. The quantitative estimate of drug-likeness (QED) is 0.192. The predicted octanol–water partition coefficient (Wildman–Crippen LogP) is 5.25. The lowest BCUT2D eigenvalue weighted by atomic mass is 10.1. The summed E-state index contributed by atoms with van der Waals surface area (Å²) in [4.78, 5) is 37.9. The summed E-state index contributed by atoms with van der Waals surface area (Å²) >= 11 is 0. The number of alkyl halides is 3. The fourth-order valence-corrected chi connectivity index (χ4v) is 4.50. The van der Waals surface area contributed by atoms with Crippen LogP contribution in [0, 0.1) is 16.0 Å². The summed E-state index contributed by atoms with van der Waals surface area (Å²) in [5, 5.41) is 16.2. The molecular weight excluding hydrogens is 539 g/mol. The van der Waals surface area contributed by atoms with Crippen molar-refractivity contribution in [2.24, 2.45) is 5.92 Å². The molecule has 0 fully saturated rings. The Morgan fingerprint density at radius 2 is 1.68 bits per heavy atom. The molecule has 2 aromatic heterocycles. The van der Waals surface area contributed by atoms with Crippen LogP contribution in [0.25, 0.3) is 12.2 Å². The summed E-state index contributed by atoms with van der Waals surface area (Å²) in [6.45, 7) is 3.62. The van der Waals surface area contributed by atoms with Gasteiger partial charge in [-0.3, -0.25) is 28.7 Å². The van der Waals surface area contributed by atoms with Crippen molar-refractivity contribution in [1.29, 1.82) is 0 Å². The van der Waals surface area contributed by atoms with Gasteiger partial charge in [-0.2, -0.15) is 18.3 Å². The predicted molar refractivity (Wildman–Crippen MR) is 148 cm³/mol. The third kappa shape index (κ3) is 6.89.